The van der Waals surface area contributed by atoms with Gasteiger partial charge in [-0.3, -0.25) is 0 Å². The predicted octanol–water partition coefficient (Wildman–Crippen LogP) is -0.865. The molecule has 0 aromatic rings. The van der Waals surface area contributed by atoms with E-state index in [4.69, 9.17) is 30.6 Å². The van der Waals surface area contributed by atoms with Crippen LogP contribution in [-0.2, 0) is 28.8 Å². The van der Waals surface area contributed by atoms with Crippen molar-refractivity contribution >= 4 is 35.8 Å². The zero-order valence-corrected chi connectivity index (χ0v) is 15.8. The van der Waals surface area contributed by atoms with Gasteiger partial charge in [0, 0.05) is 72.1 Å². The Balaban J connectivity index is -0.000000130. The Bertz CT molecular complexity index is 444. The van der Waals surface area contributed by atoms with Crippen molar-refractivity contribution in [3.8, 4) is 0 Å². The predicted molar refractivity (Wildman–Crippen MR) is 73.2 cm³/mol. The van der Waals surface area contributed by atoms with E-state index in [9.17, 15) is 28.8 Å². The minimum atomic E-state index is -1.26. The van der Waals surface area contributed by atoms with E-state index >= 15 is 0 Å². The standard InChI is InChI=1S/3C4H4O4.La/c3*5-3(6)1-2-4(7)8;/h3*1-2H,(H,5,6)(H,7,8);/b3*2-1-;. The van der Waals surface area contributed by atoms with Crippen LogP contribution < -0.4 is 0 Å². The molecule has 0 aliphatic rings. The van der Waals surface area contributed by atoms with E-state index in [0.717, 1.165) is 0 Å². The molecular formula is C12H12LaO12. The van der Waals surface area contributed by atoms with E-state index in [1.807, 2.05) is 0 Å². The van der Waals surface area contributed by atoms with Crippen molar-refractivity contribution in [3.05, 3.63) is 36.5 Å². The second-order valence-electron chi connectivity index (χ2n) is 3.03. The molecule has 0 heterocycles. The summed E-state index contributed by atoms with van der Waals surface area (Å²) in [5.41, 5.74) is 0. The van der Waals surface area contributed by atoms with Gasteiger partial charge in [0.25, 0.3) is 0 Å². The Labute approximate surface area is 167 Å². The third kappa shape index (κ3) is 52.5. The van der Waals surface area contributed by atoms with Gasteiger partial charge in [0.1, 0.15) is 0 Å². The van der Waals surface area contributed by atoms with Gasteiger partial charge in [0.2, 0.25) is 0 Å². The van der Waals surface area contributed by atoms with Gasteiger partial charge in [-0.25, -0.2) is 28.8 Å². The second kappa shape index (κ2) is 19.3. The monoisotopic (exact) mass is 487 g/mol. The van der Waals surface area contributed by atoms with Gasteiger partial charge in [-0.15, -0.1) is 0 Å². The third-order valence-electron chi connectivity index (χ3n) is 1.11. The van der Waals surface area contributed by atoms with Crippen LogP contribution in [0.15, 0.2) is 36.5 Å². The van der Waals surface area contributed by atoms with Gasteiger partial charge < -0.3 is 30.6 Å². The van der Waals surface area contributed by atoms with Crippen LogP contribution in [0.2, 0.25) is 0 Å². The molecule has 0 saturated carbocycles. The largest absolute Gasteiger partial charge is 0.478 e. The first-order valence-electron chi connectivity index (χ1n) is 5.30. The van der Waals surface area contributed by atoms with Gasteiger partial charge in [0.15, 0.2) is 0 Å². The molecule has 0 atom stereocenters. The van der Waals surface area contributed by atoms with Crippen molar-refractivity contribution in [1.82, 2.24) is 0 Å². The molecule has 13 heteroatoms. The summed E-state index contributed by atoms with van der Waals surface area (Å²) in [6, 6.07) is 0. The van der Waals surface area contributed by atoms with Crippen LogP contribution in [-0.4, -0.2) is 66.5 Å². The van der Waals surface area contributed by atoms with Crippen molar-refractivity contribution in [3.63, 3.8) is 0 Å². The van der Waals surface area contributed by atoms with Crippen LogP contribution >= 0.6 is 0 Å². The van der Waals surface area contributed by atoms with Crippen molar-refractivity contribution in [1.29, 1.82) is 0 Å². The van der Waals surface area contributed by atoms with Crippen LogP contribution in [0.1, 0.15) is 0 Å². The number of hydrogen-bond acceptors (Lipinski definition) is 6. The molecule has 0 aliphatic carbocycles. The molecule has 25 heavy (non-hydrogen) atoms. The van der Waals surface area contributed by atoms with Crippen LogP contribution in [0.5, 0.6) is 0 Å². The molecule has 0 aromatic carbocycles. The van der Waals surface area contributed by atoms with Gasteiger partial charge in [0.05, 0.1) is 0 Å². The van der Waals surface area contributed by atoms with Crippen LogP contribution in [0.3, 0.4) is 0 Å². The number of rotatable bonds is 6. The zero-order valence-electron chi connectivity index (χ0n) is 12.2. The molecule has 12 nitrogen and oxygen atoms in total. The summed E-state index contributed by atoms with van der Waals surface area (Å²) in [6.45, 7) is 0. The molecule has 0 bridgehead atoms. The first kappa shape index (κ1) is 30.2. The summed E-state index contributed by atoms with van der Waals surface area (Å²) in [4.78, 5) is 57.3. The fourth-order valence-corrected chi connectivity index (χ4v) is 0.428. The molecular weight excluding hydrogens is 475 g/mol. The van der Waals surface area contributed by atoms with Crippen LogP contribution in [0.25, 0.3) is 0 Å². The molecule has 0 fully saturated rings. The van der Waals surface area contributed by atoms with E-state index in [1.165, 1.54) is 0 Å². The summed E-state index contributed by atoms with van der Waals surface area (Å²) in [6.07, 6.45) is 3.35. The average Bonchev–Trinajstić information content (AvgIpc) is 2.42. The molecule has 0 spiro atoms. The molecule has 0 unspecified atom stereocenters. The summed E-state index contributed by atoms with van der Waals surface area (Å²) < 4.78 is 0. The number of carboxylic acid groups (broad SMARTS) is 6. The maximum atomic E-state index is 9.55. The first-order valence-corrected chi connectivity index (χ1v) is 5.30. The fourth-order valence-electron chi connectivity index (χ4n) is 0.428. The van der Waals surface area contributed by atoms with Crippen molar-refractivity contribution in [2.45, 2.75) is 0 Å². The normalized spacial score (nSPS) is 9.12. The van der Waals surface area contributed by atoms with Gasteiger partial charge >= 0.3 is 35.8 Å². The van der Waals surface area contributed by atoms with E-state index in [0.29, 0.717) is 36.5 Å². The number of carbonyl (C=O) groups is 6. The molecule has 0 amide bonds. The number of aliphatic carboxylic acids is 6. The van der Waals surface area contributed by atoms with Gasteiger partial charge in [-0.05, 0) is 0 Å². The number of carboxylic acids is 6. The van der Waals surface area contributed by atoms with Crippen molar-refractivity contribution < 1.29 is 95.0 Å². The summed E-state index contributed by atoms with van der Waals surface area (Å²) >= 11 is 0. The van der Waals surface area contributed by atoms with E-state index < -0.39 is 35.8 Å². The van der Waals surface area contributed by atoms with Gasteiger partial charge in [-0.1, -0.05) is 0 Å². The molecule has 0 saturated heterocycles. The number of hydrogen-bond donors (Lipinski definition) is 6. The SMILES string of the molecule is O=C(O)/C=C\C(=O)O.O=C(O)/C=C\C(=O)O.O=C(O)/C=C\C(=O)O.[La]. The molecule has 0 aliphatic heterocycles. The Hall–Kier alpha value is -2.77. The Morgan fingerprint density at radius 1 is 0.360 bits per heavy atom. The zero-order chi connectivity index (χ0) is 19.7. The van der Waals surface area contributed by atoms with E-state index in [-0.39, 0.29) is 35.6 Å². The van der Waals surface area contributed by atoms with E-state index in [2.05, 4.69) is 0 Å². The van der Waals surface area contributed by atoms with Crippen molar-refractivity contribution in [2.24, 2.45) is 0 Å². The Morgan fingerprint density at radius 3 is 0.480 bits per heavy atom. The smallest absolute Gasteiger partial charge is 0.328 e. The second-order valence-corrected chi connectivity index (χ2v) is 3.03. The van der Waals surface area contributed by atoms with Crippen LogP contribution in [0, 0.1) is 35.6 Å². The minimum absolute atomic E-state index is 0. The fraction of sp³-hybridized carbons (Fsp3) is 0. The minimum Gasteiger partial charge on any atom is -0.478 e. The first-order chi connectivity index (χ1) is 10.9. The van der Waals surface area contributed by atoms with Gasteiger partial charge in [-0.2, -0.15) is 0 Å². The maximum absolute atomic E-state index is 9.55. The Morgan fingerprint density at radius 2 is 0.440 bits per heavy atom. The topological polar surface area (TPSA) is 224 Å². The average molecular weight is 487 g/mol. The molecule has 0 rings (SSSR count). The molecule has 0 aromatic heterocycles. The van der Waals surface area contributed by atoms with Crippen molar-refractivity contribution in [2.75, 3.05) is 0 Å². The quantitative estimate of drug-likeness (QED) is 0.252. The Kier molecular flexibility index (Phi) is 23.3. The molecule has 6 N–H and O–H groups in total. The third-order valence-corrected chi connectivity index (χ3v) is 1.11. The van der Waals surface area contributed by atoms with E-state index in [1.54, 1.807) is 0 Å². The van der Waals surface area contributed by atoms with Crippen LogP contribution in [0.4, 0.5) is 0 Å². The molecule has 1 radical (unpaired) electrons. The maximum Gasteiger partial charge on any atom is 0.328 e. The molecule has 135 valence electrons. The summed E-state index contributed by atoms with van der Waals surface area (Å²) in [5.74, 6) is -7.54. The summed E-state index contributed by atoms with van der Waals surface area (Å²) in [5, 5.41) is 46.9. The summed E-state index contributed by atoms with van der Waals surface area (Å²) in [7, 11) is 0.